The molecule has 1 aromatic rings. The van der Waals surface area contributed by atoms with Gasteiger partial charge in [0.25, 0.3) is 0 Å². The van der Waals surface area contributed by atoms with Crippen LogP contribution in [0.3, 0.4) is 0 Å². The summed E-state index contributed by atoms with van der Waals surface area (Å²) in [4.78, 5) is 11.3. The third-order valence-electron chi connectivity index (χ3n) is 2.30. The van der Waals surface area contributed by atoms with Crippen LogP contribution in [0.2, 0.25) is 0 Å². The predicted molar refractivity (Wildman–Crippen MR) is 65.8 cm³/mol. The standard InChI is InChI=1S/C14H17NO/c1-2-3-5-10-14(16)15-12-11-13-8-6-4-7-9-13/h1,4,6-9H,3,5,10-12H2,(H,15,16). The summed E-state index contributed by atoms with van der Waals surface area (Å²) in [7, 11) is 0. The van der Waals surface area contributed by atoms with Gasteiger partial charge in [0.05, 0.1) is 0 Å². The van der Waals surface area contributed by atoms with Crippen LogP contribution in [0.25, 0.3) is 0 Å². The molecule has 1 aromatic carbocycles. The Labute approximate surface area is 97.1 Å². The molecule has 0 radical (unpaired) electrons. The highest BCUT2D eigenvalue weighted by Crippen LogP contribution is 1.98. The molecule has 0 aliphatic rings. The van der Waals surface area contributed by atoms with Crippen molar-refractivity contribution in [3.63, 3.8) is 0 Å². The van der Waals surface area contributed by atoms with E-state index in [1.165, 1.54) is 5.56 Å². The van der Waals surface area contributed by atoms with Gasteiger partial charge in [-0.3, -0.25) is 4.79 Å². The quantitative estimate of drug-likeness (QED) is 0.571. The molecule has 0 aromatic heterocycles. The summed E-state index contributed by atoms with van der Waals surface area (Å²) in [5, 5.41) is 2.88. The second-order valence-electron chi connectivity index (χ2n) is 3.64. The van der Waals surface area contributed by atoms with Gasteiger partial charge in [-0.1, -0.05) is 30.3 Å². The fraction of sp³-hybridized carbons (Fsp3) is 0.357. The first kappa shape index (κ1) is 12.3. The Morgan fingerprint density at radius 3 is 2.75 bits per heavy atom. The highest BCUT2D eigenvalue weighted by Gasteiger charge is 1.99. The van der Waals surface area contributed by atoms with Gasteiger partial charge >= 0.3 is 0 Å². The zero-order chi connectivity index (χ0) is 11.6. The van der Waals surface area contributed by atoms with Crippen molar-refractivity contribution in [1.29, 1.82) is 0 Å². The van der Waals surface area contributed by atoms with Gasteiger partial charge in [-0.2, -0.15) is 0 Å². The maximum absolute atomic E-state index is 11.3. The maximum Gasteiger partial charge on any atom is 0.220 e. The van der Waals surface area contributed by atoms with E-state index in [0.29, 0.717) is 19.4 Å². The van der Waals surface area contributed by atoms with Gasteiger partial charge in [-0.25, -0.2) is 0 Å². The van der Waals surface area contributed by atoms with E-state index in [-0.39, 0.29) is 5.91 Å². The zero-order valence-electron chi connectivity index (χ0n) is 9.41. The van der Waals surface area contributed by atoms with E-state index in [1.54, 1.807) is 0 Å². The second-order valence-corrected chi connectivity index (χ2v) is 3.64. The minimum Gasteiger partial charge on any atom is -0.356 e. The molecule has 0 bridgehead atoms. The fourth-order valence-corrected chi connectivity index (χ4v) is 1.43. The summed E-state index contributed by atoms with van der Waals surface area (Å²) >= 11 is 0. The summed E-state index contributed by atoms with van der Waals surface area (Å²) in [5.74, 6) is 2.61. The molecule has 0 fully saturated rings. The molecule has 1 amide bonds. The molecule has 84 valence electrons. The summed E-state index contributed by atoms with van der Waals surface area (Å²) in [6.07, 6.45) is 7.96. The predicted octanol–water partition coefficient (Wildman–Crippen LogP) is 2.15. The normalized spacial score (nSPS) is 9.44. The van der Waals surface area contributed by atoms with Crippen molar-refractivity contribution >= 4 is 5.91 Å². The Morgan fingerprint density at radius 2 is 2.06 bits per heavy atom. The zero-order valence-corrected chi connectivity index (χ0v) is 9.41. The van der Waals surface area contributed by atoms with Crippen LogP contribution < -0.4 is 5.32 Å². The topological polar surface area (TPSA) is 29.1 Å². The number of hydrogen-bond acceptors (Lipinski definition) is 1. The van der Waals surface area contributed by atoms with Gasteiger partial charge in [-0.15, -0.1) is 12.3 Å². The molecule has 0 atom stereocenters. The molecule has 0 spiro atoms. The summed E-state index contributed by atoms with van der Waals surface area (Å²) in [6, 6.07) is 10.1. The molecule has 0 heterocycles. The van der Waals surface area contributed by atoms with E-state index < -0.39 is 0 Å². The number of terminal acetylenes is 1. The lowest BCUT2D eigenvalue weighted by Gasteiger charge is -2.04. The van der Waals surface area contributed by atoms with Crippen LogP contribution >= 0.6 is 0 Å². The third-order valence-corrected chi connectivity index (χ3v) is 2.30. The summed E-state index contributed by atoms with van der Waals surface area (Å²) in [5.41, 5.74) is 1.24. The van der Waals surface area contributed by atoms with Crippen molar-refractivity contribution in [2.75, 3.05) is 6.54 Å². The van der Waals surface area contributed by atoms with Crippen molar-refractivity contribution in [2.45, 2.75) is 25.7 Å². The summed E-state index contributed by atoms with van der Waals surface area (Å²) < 4.78 is 0. The van der Waals surface area contributed by atoms with Gasteiger partial charge in [0.1, 0.15) is 0 Å². The van der Waals surface area contributed by atoms with E-state index in [0.717, 1.165) is 12.8 Å². The molecule has 0 aliphatic carbocycles. The first-order valence-corrected chi connectivity index (χ1v) is 5.57. The second kappa shape index (κ2) is 7.53. The van der Waals surface area contributed by atoms with E-state index in [2.05, 4.69) is 23.4 Å². The SMILES string of the molecule is C#CCCCC(=O)NCCc1ccccc1. The molecule has 0 unspecified atom stereocenters. The number of carbonyl (C=O) groups is 1. The van der Waals surface area contributed by atoms with Crippen molar-refractivity contribution in [2.24, 2.45) is 0 Å². The van der Waals surface area contributed by atoms with Crippen molar-refractivity contribution < 1.29 is 4.79 Å². The number of hydrogen-bond donors (Lipinski definition) is 1. The molecule has 2 heteroatoms. The van der Waals surface area contributed by atoms with Crippen LogP contribution in [0, 0.1) is 12.3 Å². The van der Waals surface area contributed by atoms with E-state index in [4.69, 9.17) is 6.42 Å². The molecule has 1 N–H and O–H groups in total. The lowest BCUT2D eigenvalue weighted by Crippen LogP contribution is -2.25. The van der Waals surface area contributed by atoms with Crippen LogP contribution in [-0.4, -0.2) is 12.5 Å². The highest BCUT2D eigenvalue weighted by atomic mass is 16.1. The molecular weight excluding hydrogens is 198 g/mol. The minimum absolute atomic E-state index is 0.0891. The smallest absolute Gasteiger partial charge is 0.220 e. The van der Waals surface area contributed by atoms with Crippen LogP contribution in [0.5, 0.6) is 0 Å². The van der Waals surface area contributed by atoms with E-state index in [1.807, 2.05) is 18.2 Å². The molecule has 0 saturated heterocycles. The molecule has 0 saturated carbocycles. The van der Waals surface area contributed by atoms with Crippen LogP contribution in [0.15, 0.2) is 30.3 Å². The van der Waals surface area contributed by atoms with E-state index in [9.17, 15) is 4.79 Å². The Bertz CT molecular complexity index is 351. The Hall–Kier alpha value is -1.75. The van der Waals surface area contributed by atoms with Crippen LogP contribution in [-0.2, 0) is 11.2 Å². The Balaban J connectivity index is 2.12. The third kappa shape index (κ3) is 5.21. The Morgan fingerprint density at radius 1 is 1.31 bits per heavy atom. The molecule has 2 nitrogen and oxygen atoms in total. The monoisotopic (exact) mass is 215 g/mol. The largest absolute Gasteiger partial charge is 0.356 e. The number of rotatable bonds is 6. The van der Waals surface area contributed by atoms with Gasteiger partial charge in [-0.05, 0) is 18.4 Å². The van der Waals surface area contributed by atoms with Crippen molar-refractivity contribution in [3.8, 4) is 12.3 Å². The van der Waals surface area contributed by atoms with Gasteiger partial charge in [0.2, 0.25) is 5.91 Å². The summed E-state index contributed by atoms with van der Waals surface area (Å²) in [6.45, 7) is 0.693. The maximum atomic E-state index is 11.3. The van der Waals surface area contributed by atoms with Crippen LogP contribution in [0.4, 0.5) is 0 Å². The molecular formula is C14H17NO. The first-order valence-electron chi connectivity index (χ1n) is 5.57. The van der Waals surface area contributed by atoms with Gasteiger partial charge in [0.15, 0.2) is 0 Å². The van der Waals surface area contributed by atoms with Gasteiger partial charge < -0.3 is 5.32 Å². The average molecular weight is 215 g/mol. The van der Waals surface area contributed by atoms with Crippen LogP contribution in [0.1, 0.15) is 24.8 Å². The van der Waals surface area contributed by atoms with Crippen molar-refractivity contribution in [1.82, 2.24) is 5.32 Å². The molecule has 16 heavy (non-hydrogen) atoms. The molecule has 1 rings (SSSR count). The fourth-order valence-electron chi connectivity index (χ4n) is 1.43. The number of nitrogens with one attached hydrogen (secondary N) is 1. The molecule has 0 aliphatic heterocycles. The number of amides is 1. The Kier molecular flexibility index (Phi) is 5.80. The lowest BCUT2D eigenvalue weighted by atomic mass is 10.1. The average Bonchev–Trinajstić information content (AvgIpc) is 2.31. The first-order chi connectivity index (χ1) is 7.83. The van der Waals surface area contributed by atoms with Gasteiger partial charge in [0, 0.05) is 19.4 Å². The van der Waals surface area contributed by atoms with E-state index >= 15 is 0 Å². The van der Waals surface area contributed by atoms with Crippen molar-refractivity contribution in [3.05, 3.63) is 35.9 Å². The lowest BCUT2D eigenvalue weighted by molar-refractivity contribution is -0.121. The number of benzene rings is 1. The number of carbonyl (C=O) groups excluding carboxylic acids is 1. The minimum atomic E-state index is 0.0891. The number of unbranched alkanes of at least 4 members (excludes halogenated alkanes) is 1. The highest BCUT2D eigenvalue weighted by molar-refractivity contribution is 5.75.